The molecule has 0 amide bonds. The zero-order valence-corrected chi connectivity index (χ0v) is 17.2. The molecule has 0 bridgehead atoms. The minimum atomic E-state index is 0.382. The number of methoxy groups -OCH3 is 3. The van der Waals surface area contributed by atoms with E-state index in [2.05, 4.69) is 4.90 Å². The van der Waals surface area contributed by atoms with Crippen LogP contribution in [0.4, 0.5) is 0 Å². The summed E-state index contributed by atoms with van der Waals surface area (Å²) in [4.78, 5) is 12.7. The average Bonchev–Trinajstić information content (AvgIpc) is 2.73. The first kappa shape index (κ1) is 24.2. The number of aldehydes is 1. The molecular weight excluding hydrogens is 366 g/mol. The van der Waals surface area contributed by atoms with Gasteiger partial charge in [0.05, 0.1) is 47.3 Å². The van der Waals surface area contributed by atoms with Crippen molar-refractivity contribution in [3.63, 3.8) is 0 Å². The van der Waals surface area contributed by atoms with Crippen molar-refractivity contribution < 1.29 is 33.2 Å². The molecule has 1 aromatic carbocycles. The van der Waals surface area contributed by atoms with Gasteiger partial charge in [-0.3, -0.25) is 4.90 Å². The van der Waals surface area contributed by atoms with E-state index in [-0.39, 0.29) is 0 Å². The topological polar surface area (TPSA) is 75.7 Å². The summed E-state index contributed by atoms with van der Waals surface area (Å²) in [5, 5.41) is 0. The van der Waals surface area contributed by atoms with Gasteiger partial charge in [0.1, 0.15) is 12.9 Å². The van der Waals surface area contributed by atoms with Gasteiger partial charge in [-0.1, -0.05) is 6.07 Å². The summed E-state index contributed by atoms with van der Waals surface area (Å²) in [6.07, 6.45) is 1.45. The Kier molecular flexibility index (Phi) is 13.9. The first-order valence-electron chi connectivity index (χ1n) is 9.41. The maximum Gasteiger partial charge on any atom is 0.203 e. The zero-order chi connectivity index (χ0) is 20.5. The molecule has 0 unspecified atom stereocenters. The molecule has 8 heteroatoms. The van der Waals surface area contributed by atoms with Crippen molar-refractivity contribution >= 4 is 6.29 Å². The third-order valence-electron chi connectivity index (χ3n) is 3.96. The van der Waals surface area contributed by atoms with Gasteiger partial charge in [0, 0.05) is 33.2 Å². The lowest BCUT2D eigenvalue weighted by Gasteiger charge is -2.20. The molecule has 0 atom stereocenters. The van der Waals surface area contributed by atoms with Crippen molar-refractivity contribution in [2.24, 2.45) is 0 Å². The average molecular weight is 399 g/mol. The van der Waals surface area contributed by atoms with Crippen LogP contribution in [0.5, 0.6) is 17.2 Å². The summed E-state index contributed by atoms with van der Waals surface area (Å²) in [5.74, 6) is 1.81. The highest BCUT2D eigenvalue weighted by Gasteiger charge is 2.10. The Hall–Kier alpha value is -1.87. The first-order valence-corrected chi connectivity index (χ1v) is 9.41. The van der Waals surface area contributed by atoms with E-state index >= 15 is 0 Å². The van der Waals surface area contributed by atoms with Gasteiger partial charge < -0.3 is 33.2 Å². The molecule has 0 aliphatic rings. The summed E-state index contributed by atoms with van der Waals surface area (Å²) in [7, 11) is 4.84. The monoisotopic (exact) mass is 399 g/mol. The maximum atomic E-state index is 10.5. The number of benzene rings is 1. The van der Waals surface area contributed by atoms with E-state index in [0.717, 1.165) is 25.9 Å². The van der Waals surface area contributed by atoms with Crippen molar-refractivity contribution in [1.82, 2.24) is 4.90 Å². The van der Waals surface area contributed by atoms with Crippen LogP contribution in [0.1, 0.15) is 6.42 Å². The van der Waals surface area contributed by atoms with E-state index in [1.807, 2.05) is 18.2 Å². The minimum Gasteiger partial charge on any atom is -0.493 e. The standard InChI is InChI=1S/C20H33NO7/c1-23-12-9-21(8-5-11-22)10-13-26-14-15-27-16-17-28-20-18(24-2)6-4-7-19(20)25-3/h4,6-7,11H,5,8-10,12-17H2,1-3H3. The van der Waals surface area contributed by atoms with Gasteiger partial charge in [0.15, 0.2) is 11.5 Å². The van der Waals surface area contributed by atoms with Crippen LogP contribution in [0.25, 0.3) is 0 Å². The van der Waals surface area contributed by atoms with Gasteiger partial charge in [0.25, 0.3) is 0 Å². The quantitative estimate of drug-likeness (QED) is 0.273. The second-order valence-electron chi connectivity index (χ2n) is 5.85. The Bertz CT molecular complexity index is 505. The number of hydrogen-bond acceptors (Lipinski definition) is 8. The molecule has 0 aromatic heterocycles. The van der Waals surface area contributed by atoms with Crippen LogP contribution in [0.15, 0.2) is 18.2 Å². The van der Waals surface area contributed by atoms with Crippen LogP contribution >= 0.6 is 0 Å². The molecule has 0 N–H and O–H groups in total. The zero-order valence-electron chi connectivity index (χ0n) is 17.2. The number of rotatable bonds is 18. The highest BCUT2D eigenvalue weighted by Crippen LogP contribution is 2.36. The van der Waals surface area contributed by atoms with Gasteiger partial charge >= 0.3 is 0 Å². The Morgan fingerprint density at radius 1 is 0.821 bits per heavy atom. The molecule has 0 saturated carbocycles. The van der Waals surface area contributed by atoms with E-state index in [4.69, 9.17) is 28.4 Å². The summed E-state index contributed by atoms with van der Waals surface area (Å²) in [6, 6.07) is 5.48. The second-order valence-corrected chi connectivity index (χ2v) is 5.85. The predicted molar refractivity (Wildman–Crippen MR) is 106 cm³/mol. The molecule has 1 rings (SSSR count). The van der Waals surface area contributed by atoms with Crippen molar-refractivity contribution in [2.75, 3.05) is 80.6 Å². The predicted octanol–water partition coefficient (Wildman–Crippen LogP) is 1.65. The van der Waals surface area contributed by atoms with Crippen molar-refractivity contribution in [2.45, 2.75) is 6.42 Å². The molecule has 0 aliphatic carbocycles. The Morgan fingerprint density at radius 2 is 1.43 bits per heavy atom. The van der Waals surface area contributed by atoms with Crippen LogP contribution in [0, 0.1) is 0 Å². The number of hydrogen-bond donors (Lipinski definition) is 0. The molecule has 0 spiro atoms. The van der Waals surface area contributed by atoms with Crippen LogP contribution in [0.3, 0.4) is 0 Å². The van der Waals surface area contributed by atoms with Crippen molar-refractivity contribution in [3.8, 4) is 17.2 Å². The fraction of sp³-hybridized carbons (Fsp3) is 0.650. The van der Waals surface area contributed by atoms with Gasteiger partial charge in [-0.25, -0.2) is 0 Å². The molecule has 0 heterocycles. The van der Waals surface area contributed by atoms with Gasteiger partial charge in [-0.15, -0.1) is 0 Å². The summed E-state index contributed by atoms with van der Waals surface area (Å²) in [5.41, 5.74) is 0. The normalized spacial score (nSPS) is 10.9. The van der Waals surface area contributed by atoms with Gasteiger partial charge in [-0.05, 0) is 12.1 Å². The first-order chi connectivity index (χ1) is 13.8. The molecule has 0 aliphatic heterocycles. The van der Waals surface area contributed by atoms with Crippen molar-refractivity contribution in [1.29, 1.82) is 0 Å². The summed E-state index contributed by atoms with van der Waals surface area (Å²) in [6.45, 7) is 5.29. The van der Waals surface area contributed by atoms with Crippen LogP contribution in [-0.4, -0.2) is 91.8 Å². The van der Waals surface area contributed by atoms with E-state index < -0.39 is 0 Å². The van der Waals surface area contributed by atoms with E-state index in [1.54, 1.807) is 21.3 Å². The van der Waals surface area contributed by atoms with Crippen LogP contribution in [-0.2, 0) is 19.0 Å². The number of ether oxygens (including phenoxy) is 6. The lowest BCUT2D eigenvalue weighted by molar-refractivity contribution is -0.108. The third-order valence-corrected chi connectivity index (χ3v) is 3.96. The van der Waals surface area contributed by atoms with Crippen molar-refractivity contribution in [3.05, 3.63) is 18.2 Å². The Balaban J connectivity index is 2.12. The number of carbonyl (C=O) groups excluding carboxylic acids is 1. The van der Waals surface area contributed by atoms with E-state index in [9.17, 15) is 4.79 Å². The van der Waals surface area contributed by atoms with Gasteiger partial charge in [0.2, 0.25) is 5.75 Å². The van der Waals surface area contributed by atoms with E-state index in [0.29, 0.717) is 63.3 Å². The van der Waals surface area contributed by atoms with Crippen LogP contribution in [0.2, 0.25) is 0 Å². The molecule has 0 fully saturated rings. The van der Waals surface area contributed by atoms with Gasteiger partial charge in [-0.2, -0.15) is 0 Å². The SMILES string of the molecule is COCCN(CCC=O)CCOCCOCCOc1c(OC)cccc1OC. The third kappa shape index (κ3) is 9.89. The lowest BCUT2D eigenvalue weighted by atomic mass is 10.3. The highest BCUT2D eigenvalue weighted by atomic mass is 16.6. The summed E-state index contributed by atoms with van der Waals surface area (Å²) < 4.78 is 32.5. The second kappa shape index (κ2) is 16.1. The maximum absolute atomic E-state index is 10.5. The lowest BCUT2D eigenvalue weighted by Crippen LogP contribution is -2.32. The molecule has 28 heavy (non-hydrogen) atoms. The molecule has 8 nitrogen and oxygen atoms in total. The minimum absolute atomic E-state index is 0.382. The molecule has 0 saturated heterocycles. The number of nitrogens with zero attached hydrogens (tertiary/aromatic N) is 1. The molecule has 0 radical (unpaired) electrons. The van der Waals surface area contributed by atoms with Crippen LogP contribution < -0.4 is 14.2 Å². The molecule has 1 aromatic rings. The number of carbonyl (C=O) groups is 1. The summed E-state index contributed by atoms with van der Waals surface area (Å²) >= 11 is 0. The van der Waals surface area contributed by atoms with E-state index in [1.165, 1.54) is 0 Å². The highest BCUT2D eigenvalue weighted by molar-refractivity contribution is 5.51. The molecular formula is C20H33NO7. The largest absolute Gasteiger partial charge is 0.493 e. The Labute approximate surface area is 167 Å². The molecule has 160 valence electrons. The number of para-hydroxylation sites is 1. The smallest absolute Gasteiger partial charge is 0.203 e. The Morgan fingerprint density at radius 3 is 2.04 bits per heavy atom. The fourth-order valence-electron chi connectivity index (χ4n) is 2.47. The fourth-order valence-corrected chi connectivity index (χ4v) is 2.47.